The van der Waals surface area contributed by atoms with Gasteiger partial charge >= 0.3 is 0 Å². The largest absolute Gasteiger partial charge is 0.496 e. The molecule has 0 radical (unpaired) electrons. The summed E-state index contributed by atoms with van der Waals surface area (Å²) in [6.07, 6.45) is 6.81. The van der Waals surface area contributed by atoms with Gasteiger partial charge in [-0.2, -0.15) is 0 Å². The maximum absolute atomic E-state index is 12.6. The molecule has 3 aromatic carbocycles. The summed E-state index contributed by atoms with van der Waals surface area (Å²) >= 11 is 0. The average molecular weight is 449 g/mol. The van der Waals surface area contributed by atoms with E-state index >= 15 is 0 Å². The van der Waals surface area contributed by atoms with Gasteiger partial charge in [0.2, 0.25) is 5.91 Å². The number of furan rings is 1. The van der Waals surface area contributed by atoms with Crippen LogP contribution in [0.2, 0.25) is 0 Å². The Hall–Kier alpha value is -4.38. The summed E-state index contributed by atoms with van der Waals surface area (Å²) in [6.45, 7) is 2.32. The number of nitrogens with zero attached hydrogens (tertiary/aromatic N) is 1. The van der Waals surface area contributed by atoms with Crippen molar-refractivity contribution >= 4 is 33.2 Å². The number of hydrogen-bond acceptors (Lipinski definition) is 4. The molecule has 168 valence electrons. The molecule has 0 spiro atoms. The highest BCUT2D eigenvalue weighted by Gasteiger charge is 2.15. The third-order valence-electron chi connectivity index (χ3n) is 5.92. The Bertz CT molecular complexity index is 1520. The Morgan fingerprint density at radius 1 is 1.06 bits per heavy atom. The second-order valence-electron chi connectivity index (χ2n) is 8.17. The number of allylic oxidation sites excluding steroid dienone is 1. The van der Waals surface area contributed by atoms with E-state index in [0.29, 0.717) is 12.3 Å². The topological polar surface area (TPSA) is 64.4 Å². The monoisotopic (exact) mass is 448 g/mol. The molecule has 1 N–H and O–H groups in total. The molecule has 34 heavy (non-hydrogen) atoms. The third kappa shape index (κ3) is 4.28. The molecule has 0 fully saturated rings. The van der Waals surface area contributed by atoms with Crippen LogP contribution in [0.15, 0.2) is 95.9 Å². The van der Waals surface area contributed by atoms with Crippen molar-refractivity contribution < 1.29 is 13.9 Å². The number of carbonyl (C=O) groups excluding carboxylic acids is 1. The summed E-state index contributed by atoms with van der Waals surface area (Å²) in [7, 11) is 1.62. The number of nitrogens with one attached hydrogen (secondary N) is 1. The molecule has 5 aromatic rings. The van der Waals surface area contributed by atoms with Gasteiger partial charge in [-0.25, -0.2) is 0 Å². The molecule has 5 nitrogen and oxygen atoms in total. The fourth-order valence-corrected chi connectivity index (χ4v) is 4.13. The van der Waals surface area contributed by atoms with Crippen LogP contribution >= 0.6 is 0 Å². The molecular weight excluding hydrogens is 424 g/mol. The minimum Gasteiger partial charge on any atom is -0.496 e. The van der Waals surface area contributed by atoms with Crippen LogP contribution in [-0.2, 0) is 11.3 Å². The van der Waals surface area contributed by atoms with Gasteiger partial charge in [0.1, 0.15) is 11.3 Å². The van der Waals surface area contributed by atoms with Crippen molar-refractivity contribution in [3.05, 3.63) is 103 Å². The van der Waals surface area contributed by atoms with E-state index < -0.39 is 0 Å². The lowest BCUT2D eigenvalue weighted by molar-refractivity contribution is -0.116. The van der Waals surface area contributed by atoms with Gasteiger partial charge in [-0.15, -0.1) is 0 Å². The van der Waals surface area contributed by atoms with Crippen LogP contribution in [-0.4, -0.2) is 18.0 Å². The smallest absolute Gasteiger partial charge is 0.244 e. The van der Waals surface area contributed by atoms with E-state index in [1.807, 2.05) is 43.3 Å². The van der Waals surface area contributed by atoms with Crippen LogP contribution < -0.4 is 10.1 Å². The van der Waals surface area contributed by atoms with E-state index in [-0.39, 0.29) is 5.91 Å². The van der Waals surface area contributed by atoms with Gasteiger partial charge in [-0.05, 0) is 52.6 Å². The first-order valence-corrected chi connectivity index (χ1v) is 11.1. The molecule has 0 bridgehead atoms. The fourth-order valence-electron chi connectivity index (χ4n) is 4.13. The summed E-state index contributed by atoms with van der Waals surface area (Å²) < 4.78 is 11.5. The lowest BCUT2D eigenvalue weighted by Crippen LogP contribution is -2.20. The number of fused-ring (bicyclic) bond motifs is 2. The van der Waals surface area contributed by atoms with Crippen LogP contribution in [0.4, 0.5) is 0 Å². The van der Waals surface area contributed by atoms with Crippen molar-refractivity contribution in [2.45, 2.75) is 13.5 Å². The van der Waals surface area contributed by atoms with Gasteiger partial charge < -0.3 is 14.5 Å². The first kappa shape index (κ1) is 21.5. The van der Waals surface area contributed by atoms with Crippen molar-refractivity contribution in [2.24, 2.45) is 0 Å². The van der Waals surface area contributed by atoms with Crippen molar-refractivity contribution in [3.63, 3.8) is 0 Å². The molecule has 2 aromatic heterocycles. The summed E-state index contributed by atoms with van der Waals surface area (Å²) in [6, 6.07) is 22.3. The molecule has 5 heteroatoms. The quantitative estimate of drug-likeness (QED) is 0.306. The average Bonchev–Trinajstić information content (AvgIpc) is 3.30. The summed E-state index contributed by atoms with van der Waals surface area (Å²) in [5.41, 5.74) is 5.39. The molecule has 0 saturated heterocycles. The van der Waals surface area contributed by atoms with Gasteiger partial charge in [-0.1, -0.05) is 42.5 Å². The van der Waals surface area contributed by atoms with Crippen molar-refractivity contribution in [1.29, 1.82) is 0 Å². The van der Waals surface area contributed by atoms with Crippen LogP contribution in [0.3, 0.4) is 0 Å². The van der Waals surface area contributed by atoms with E-state index in [0.717, 1.165) is 38.8 Å². The highest BCUT2D eigenvalue weighted by Crippen LogP contribution is 2.38. The van der Waals surface area contributed by atoms with Gasteiger partial charge in [0.05, 0.1) is 13.4 Å². The molecule has 2 heterocycles. The summed E-state index contributed by atoms with van der Waals surface area (Å²) in [4.78, 5) is 16.6. The molecule has 0 aliphatic heterocycles. The van der Waals surface area contributed by atoms with Gasteiger partial charge in [0.15, 0.2) is 0 Å². The zero-order chi connectivity index (χ0) is 23.5. The molecule has 0 atom stereocenters. The van der Waals surface area contributed by atoms with Gasteiger partial charge in [0.25, 0.3) is 0 Å². The Labute approximate surface area is 197 Å². The number of ether oxygens (including phenoxy) is 1. The van der Waals surface area contributed by atoms with Crippen molar-refractivity contribution in [1.82, 2.24) is 10.3 Å². The highest BCUT2D eigenvalue weighted by atomic mass is 16.5. The van der Waals surface area contributed by atoms with E-state index in [4.69, 9.17) is 9.15 Å². The Balaban J connectivity index is 1.49. The van der Waals surface area contributed by atoms with Crippen LogP contribution in [0.1, 0.15) is 18.1 Å². The minimum absolute atomic E-state index is 0.176. The summed E-state index contributed by atoms with van der Waals surface area (Å²) in [5.74, 6) is 0.478. The molecule has 0 saturated carbocycles. The Kier molecular flexibility index (Phi) is 5.83. The van der Waals surface area contributed by atoms with Gasteiger partial charge in [0, 0.05) is 47.6 Å². The van der Waals surface area contributed by atoms with Crippen molar-refractivity contribution in [2.75, 3.05) is 7.11 Å². The third-order valence-corrected chi connectivity index (χ3v) is 5.92. The minimum atomic E-state index is -0.176. The zero-order valence-corrected chi connectivity index (χ0v) is 19.0. The first-order valence-electron chi connectivity index (χ1n) is 11.1. The number of pyridine rings is 1. The number of hydrogen-bond donors (Lipinski definition) is 1. The SMILES string of the molecule is COc1cc2occ(-c3ccc4ccccc4c3)c2cc1/C(C)=C/C(=O)NCc1cccnc1. The standard InChI is InChI=1S/C29H24N2O3/c1-19(12-29(32)31-17-20-6-5-11-30-16-20)24-14-25-26(18-34-28(25)15-27(24)33-2)23-10-9-21-7-3-4-8-22(21)13-23/h3-16,18H,17H2,1-2H3,(H,31,32)/b19-12+. The molecule has 0 aliphatic rings. The number of benzene rings is 3. The lowest BCUT2D eigenvalue weighted by Gasteiger charge is -2.10. The van der Waals surface area contributed by atoms with Crippen LogP contribution in [0, 0.1) is 0 Å². The zero-order valence-electron chi connectivity index (χ0n) is 19.0. The fraction of sp³-hybridized carbons (Fsp3) is 0.103. The maximum Gasteiger partial charge on any atom is 0.244 e. The number of rotatable bonds is 6. The van der Waals surface area contributed by atoms with E-state index in [1.54, 1.807) is 31.8 Å². The van der Waals surface area contributed by atoms with Crippen molar-refractivity contribution in [3.8, 4) is 16.9 Å². The number of methoxy groups -OCH3 is 1. The number of amides is 1. The van der Waals surface area contributed by atoms with E-state index in [1.165, 1.54) is 10.8 Å². The van der Waals surface area contributed by atoms with Crippen LogP contribution in [0.5, 0.6) is 5.75 Å². The molecule has 1 amide bonds. The second kappa shape index (κ2) is 9.24. The highest BCUT2D eigenvalue weighted by molar-refractivity contribution is 6.01. The second-order valence-corrected chi connectivity index (χ2v) is 8.17. The molecular formula is C29H24N2O3. The molecule has 5 rings (SSSR count). The molecule has 0 aliphatic carbocycles. The van der Waals surface area contributed by atoms with Crippen LogP contribution in [0.25, 0.3) is 38.4 Å². The predicted molar refractivity (Wildman–Crippen MR) is 135 cm³/mol. The maximum atomic E-state index is 12.6. The van der Waals surface area contributed by atoms with Gasteiger partial charge in [-0.3, -0.25) is 9.78 Å². The lowest BCUT2D eigenvalue weighted by atomic mass is 9.97. The Morgan fingerprint density at radius 3 is 2.71 bits per heavy atom. The predicted octanol–water partition coefficient (Wildman–Crippen LogP) is 6.38. The number of aromatic nitrogens is 1. The first-order chi connectivity index (χ1) is 16.6. The summed E-state index contributed by atoms with van der Waals surface area (Å²) in [5, 5.41) is 6.24. The normalized spacial score (nSPS) is 11.6. The Morgan fingerprint density at radius 2 is 1.91 bits per heavy atom. The van der Waals surface area contributed by atoms with E-state index in [9.17, 15) is 4.79 Å². The molecule has 0 unspecified atom stereocenters. The number of carbonyl (C=O) groups is 1. The van der Waals surface area contributed by atoms with E-state index in [2.05, 4.69) is 40.6 Å².